The highest BCUT2D eigenvalue weighted by Gasteiger charge is 2.25. The van der Waals surface area contributed by atoms with Gasteiger partial charge in [-0.25, -0.2) is 0 Å². The van der Waals surface area contributed by atoms with Crippen molar-refractivity contribution < 1.29 is 0 Å². The van der Waals surface area contributed by atoms with Crippen LogP contribution in [0.3, 0.4) is 0 Å². The van der Waals surface area contributed by atoms with Crippen LogP contribution in [0.15, 0.2) is 0 Å². The summed E-state index contributed by atoms with van der Waals surface area (Å²) in [6, 6.07) is 0.526. The molecule has 1 aliphatic carbocycles. The Kier molecular flexibility index (Phi) is 5.28. The SMILES string of the molecule is CCc1nn(C)c(CC(NC)C2CCCCC2)c1Cl. The van der Waals surface area contributed by atoms with Crippen LogP contribution in [0.2, 0.25) is 5.02 Å². The zero-order valence-corrected chi connectivity index (χ0v) is 13.1. The van der Waals surface area contributed by atoms with Crippen LogP contribution in [-0.2, 0) is 19.9 Å². The Morgan fingerprint density at radius 1 is 1.37 bits per heavy atom. The number of hydrogen-bond acceptors (Lipinski definition) is 2. The van der Waals surface area contributed by atoms with Gasteiger partial charge in [0.2, 0.25) is 0 Å². The molecule has 108 valence electrons. The van der Waals surface area contributed by atoms with Gasteiger partial charge in [0.15, 0.2) is 0 Å². The first-order valence-corrected chi connectivity index (χ1v) is 7.92. The Hall–Kier alpha value is -0.540. The topological polar surface area (TPSA) is 29.9 Å². The molecule has 0 aromatic carbocycles. The van der Waals surface area contributed by atoms with Gasteiger partial charge in [0.05, 0.1) is 16.4 Å². The molecule has 4 heteroatoms. The van der Waals surface area contributed by atoms with Crippen molar-refractivity contribution in [1.29, 1.82) is 0 Å². The maximum atomic E-state index is 6.46. The van der Waals surface area contributed by atoms with Gasteiger partial charge in [-0.05, 0) is 32.2 Å². The maximum absolute atomic E-state index is 6.46. The normalized spacial score (nSPS) is 18.7. The van der Waals surface area contributed by atoms with E-state index in [2.05, 4.69) is 24.4 Å². The number of likely N-dealkylation sites (N-methyl/N-ethyl adjacent to an activating group) is 1. The molecule has 1 fully saturated rings. The Bertz CT molecular complexity index is 408. The summed E-state index contributed by atoms with van der Waals surface area (Å²) >= 11 is 6.46. The molecule has 1 aromatic rings. The summed E-state index contributed by atoms with van der Waals surface area (Å²) in [6.45, 7) is 2.11. The minimum absolute atomic E-state index is 0.526. The van der Waals surface area contributed by atoms with Gasteiger partial charge in [0, 0.05) is 19.5 Å². The van der Waals surface area contributed by atoms with E-state index in [9.17, 15) is 0 Å². The number of halogens is 1. The summed E-state index contributed by atoms with van der Waals surface area (Å²) in [4.78, 5) is 0. The highest BCUT2D eigenvalue weighted by molar-refractivity contribution is 6.31. The number of rotatable bonds is 5. The van der Waals surface area contributed by atoms with Gasteiger partial charge in [0.25, 0.3) is 0 Å². The second-order valence-electron chi connectivity index (χ2n) is 5.68. The summed E-state index contributed by atoms with van der Waals surface area (Å²) in [5.41, 5.74) is 2.21. The number of nitrogens with one attached hydrogen (secondary N) is 1. The Morgan fingerprint density at radius 2 is 2.05 bits per heavy atom. The van der Waals surface area contributed by atoms with E-state index in [4.69, 9.17) is 11.6 Å². The number of nitrogens with zero attached hydrogens (tertiary/aromatic N) is 2. The fourth-order valence-corrected chi connectivity index (χ4v) is 3.66. The molecule has 1 saturated carbocycles. The van der Waals surface area contributed by atoms with E-state index in [1.165, 1.54) is 37.8 Å². The molecule has 1 heterocycles. The van der Waals surface area contributed by atoms with Gasteiger partial charge >= 0.3 is 0 Å². The van der Waals surface area contributed by atoms with Crippen LogP contribution in [0.25, 0.3) is 0 Å². The van der Waals surface area contributed by atoms with Crippen LogP contribution >= 0.6 is 11.6 Å². The van der Waals surface area contributed by atoms with E-state index in [1.54, 1.807) is 0 Å². The summed E-state index contributed by atoms with van der Waals surface area (Å²) in [5, 5.41) is 8.90. The minimum Gasteiger partial charge on any atom is -0.316 e. The molecule has 0 radical (unpaired) electrons. The van der Waals surface area contributed by atoms with Crippen molar-refractivity contribution in [2.75, 3.05) is 7.05 Å². The van der Waals surface area contributed by atoms with Crippen LogP contribution in [0.1, 0.15) is 50.4 Å². The standard InChI is InChI=1S/C15H26ClN3/c1-4-12-15(16)14(19(3)18-12)10-13(17-2)11-8-6-5-7-9-11/h11,13,17H,4-10H2,1-3H3. The molecule has 1 N–H and O–H groups in total. The molecular formula is C15H26ClN3. The highest BCUT2D eigenvalue weighted by atomic mass is 35.5. The van der Waals surface area contributed by atoms with Gasteiger partial charge in [-0.3, -0.25) is 4.68 Å². The zero-order chi connectivity index (χ0) is 13.8. The van der Waals surface area contributed by atoms with Crippen LogP contribution in [0.5, 0.6) is 0 Å². The van der Waals surface area contributed by atoms with Gasteiger partial charge in [0.1, 0.15) is 0 Å². The Balaban J connectivity index is 2.11. The molecule has 0 spiro atoms. The predicted molar refractivity (Wildman–Crippen MR) is 80.7 cm³/mol. The first-order valence-electron chi connectivity index (χ1n) is 7.54. The van der Waals surface area contributed by atoms with Gasteiger partial charge in [-0.1, -0.05) is 37.8 Å². The highest BCUT2D eigenvalue weighted by Crippen LogP contribution is 2.30. The molecule has 1 unspecified atom stereocenters. The lowest BCUT2D eigenvalue weighted by Gasteiger charge is -2.30. The van der Waals surface area contributed by atoms with Crippen LogP contribution in [0.4, 0.5) is 0 Å². The molecule has 3 nitrogen and oxygen atoms in total. The monoisotopic (exact) mass is 283 g/mol. The fourth-order valence-electron chi connectivity index (χ4n) is 3.29. The molecule has 1 aliphatic rings. The third-order valence-corrected chi connectivity index (χ3v) is 4.94. The average molecular weight is 284 g/mol. The molecule has 0 aliphatic heterocycles. The second-order valence-corrected chi connectivity index (χ2v) is 6.06. The second kappa shape index (κ2) is 6.76. The Morgan fingerprint density at radius 3 is 2.58 bits per heavy atom. The van der Waals surface area contributed by atoms with E-state index < -0.39 is 0 Å². The van der Waals surface area contributed by atoms with Crippen molar-refractivity contribution in [2.24, 2.45) is 13.0 Å². The van der Waals surface area contributed by atoms with Crippen molar-refractivity contribution in [2.45, 2.75) is 57.9 Å². The molecule has 0 amide bonds. The van der Waals surface area contributed by atoms with Crippen molar-refractivity contribution in [1.82, 2.24) is 15.1 Å². The minimum atomic E-state index is 0.526. The first-order chi connectivity index (χ1) is 9.17. The zero-order valence-electron chi connectivity index (χ0n) is 12.4. The lowest BCUT2D eigenvalue weighted by Crippen LogP contribution is -2.37. The van der Waals surface area contributed by atoms with E-state index in [0.717, 1.165) is 29.5 Å². The third-order valence-electron chi connectivity index (χ3n) is 4.51. The molecule has 1 atom stereocenters. The number of aryl methyl sites for hydroxylation is 2. The smallest absolute Gasteiger partial charge is 0.0850 e. The lowest BCUT2D eigenvalue weighted by molar-refractivity contribution is 0.274. The molecule has 19 heavy (non-hydrogen) atoms. The van der Waals surface area contributed by atoms with Crippen LogP contribution < -0.4 is 5.32 Å². The summed E-state index contributed by atoms with van der Waals surface area (Å²) in [7, 11) is 4.08. The van der Waals surface area contributed by atoms with Crippen molar-refractivity contribution in [3.05, 3.63) is 16.4 Å². The van der Waals surface area contributed by atoms with E-state index in [-0.39, 0.29) is 0 Å². The Labute approximate surface area is 121 Å². The van der Waals surface area contributed by atoms with Crippen LogP contribution in [0, 0.1) is 5.92 Å². The van der Waals surface area contributed by atoms with Gasteiger partial charge in [-0.2, -0.15) is 5.10 Å². The van der Waals surface area contributed by atoms with Gasteiger partial charge in [-0.15, -0.1) is 0 Å². The molecule has 0 bridgehead atoms. The van der Waals surface area contributed by atoms with Crippen molar-refractivity contribution >= 4 is 11.6 Å². The van der Waals surface area contributed by atoms with E-state index in [0.29, 0.717) is 6.04 Å². The molecular weight excluding hydrogens is 258 g/mol. The van der Waals surface area contributed by atoms with Gasteiger partial charge < -0.3 is 5.32 Å². The molecule has 1 aromatic heterocycles. The third kappa shape index (κ3) is 3.32. The molecule has 2 rings (SSSR count). The molecule has 0 saturated heterocycles. The quantitative estimate of drug-likeness (QED) is 0.898. The predicted octanol–water partition coefficient (Wildman–Crippen LogP) is 3.35. The summed E-state index contributed by atoms with van der Waals surface area (Å²) in [6.07, 6.45) is 8.75. The average Bonchev–Trinajstić information content (AvgIpc) is 2.72. The maximum Gasteiger partial charge on any atom is 0.0850 e. The van der Waals surface area contributed by atoms with Crippen LogP contribution in [-0.4, -0.2) is 22.9 Å². The van der Waals surface area contributed by atoms with Crippen molar-refractivity contribution in [3.63, 3.8) is 0 Å². The van der Waals surface area contributed by atoms with E-state index >= 15 is 0 Å². The fraction of sp³-hybridized carbons (Fsp3) is 0.800. The largest absolute Gasteiger partial charge is 0.316 e. The van der Waals surface area contributed by atoms with Crippen molar-refractivity contribution in [3.8, 4) is 0 Å². The van der Waals surface area contributed by atoms with E-state index in [1.807, 2.05) is 11.7 Å². The number of aromatic nitrogens is 2. The number of hydrogen-bond donors (Lipinski definition) is 1. The summed E-state index contributed by atoms with van der Waals surface area (Å²) in [5.74, 6) is 0.787. The first kappa shape index (κ1) is 14.9. The summed E-state index contributed by atoms with van der Waals surface area (Å²) < 4.78 is 1.97. The lowest BCUT2D eigenvalue weighted by atomic mass is 9.82.